The largest absolute Gasteiger partial charge is 0.365 e. The van der Waals surface area contributed by atoms with Gasteiger partial charge in [0.15, 0.2) is 0 Å². The molecule has 0 bridgehead atoms. The van der Waals surface area contributed by atoms with Crippen LogP contribution >= 0.6 is 11.8 Å². The third-order valence-corrected chi connectivity index (χ3v) is 3.82. The molecule has 0 radical (unpaired) electrons. The standard InChI is InChI=1S/C17H17NO2S/c1-12-9-13(2)15(16(10-12)21-3)11-18-20-17(19)14-7-5-4-6-8-14/h4-11H,1-3H3. The van der Waals surface area contributed by atoms with Crippen LogP contribution in [0.1, 0.15) is 27.0 Å². The van der Waals surface area contributed by atoms with Gasteiger partial charge in [-0.3, -0.25) is 0 Å². The number of oxime groups is 1. The summed E-state index contributed by atoms with van der Waals surface area (Å²) >= 11 is 1.65. The van der Waals surface area contributed by atoms with Gasteiger partial charge in [-0.1, -0.05) is 29.4 Å². The number of thioether (sulfide) groups is 1. The van der Waals surface area contributed by atoms with Crippen LogP contribution < -0.4 is 0 Å². The average Bonchev–Trinajstić information content (AvgIpc) is 2.49. The zero-order valence-corrected chi connectivity index (χ0v) is 13.1. The fourth-order valence-corrected chi connectivity index (χ4v) is 2.77. The molecule has 0 saturated carbocycles. The highest BCUT2D eigenvalue weighted by Gasteiger charge is 2.07. The van der Waals surface area contributed by atoms with Crippen molar-refractivity contribution in [2.24, 2.45) is 5.16 Å². The van der Waals surface area contributed by atoms with Crippen molar-refractivity contribution in [3.05, 3.63) is 64.7 Å². The molecule has 0 N–H and O–H groups in total. The molecule has 0 heterocycles. The Morgan fingerprint density at radius 1 is 1.19 bits per heavy atom. The minimum Gasteiger partial charge on any atom is -0.313 e. The normalized spacial score (nSPS) is 10.8. The summed E-state index contributed by atoms with van der Waals surface area (Å²) in [5.74, 6) is -0.456. The molecule has 2 aromatic carbocycles. The summed E-state index contributed by atoms with van der Waals surface area (Å²) in [6.07, 6.45) is 3.61. The fraction of sp³-hybridized carbons (Fsp3) is 0.176. The molecule has 0 atom stereocenters. The van der Waals surface area contributed by atoms with Crippen molar-refractivity contribution < 1.29 is 9.63 Å². The van der Waals surface area contributed by atoms with Gasteiger partial charge in [0.05, 0.1) is 11.8 Å². The molecule has 0 aromatic heterocycles. The molecule has 0 fully saturated rings. The molecule has 0 aliphatic rings. The van der Waals surface area contributed by atoms with E-state index in [9.17, 15) is 4.79 Å². The Labute approximate surface area is 129 Å². The van der Waals surface area contributed by atoms with Gasteiger partial charge >= 0.3 is 5.97 Å². The summed E-state index contributed by atoms with van der Waals surface area (Å²) in [5.41, 5.74) is 3.78. The summed E-state index contributed by atoms with van der Waals surface area (Å²) in [6.45, 7) is 4.08. The van der Waals surface area contributed by atoms with Crippen molar-refractivity contribution in [3.63, 3.8) is 0 Å². The second-order valence-corrected chi connectivity index (χ2v) is 5.53. The molecule has 0 unspecified atom stereocenters. The maximum atomic E-state index is 11.8. The molecule has 3 nitrogen and oxygen atoms in total. The molecule has 0 aliphatic carbocycles. The lowest BCUT2D eigenvalue weighted by atomic mass is 10.1. The zero-order valence-electron chi connectivity index (χ0n) is 12.3. The smallest absolute Gasteiger partial charge is 0.313 e. The molecule has 0 spiro atoms. The number of nitrogens with zero attached hydrogens (tertiary/aromatic N) is 1. The SMILES string of the molecule is CSc1cc(C)cc(C)c1C=NOC(=O)c1ccccc1. The van der Waals surface area contributed by atoms with Gasteiger partial charge < -0.3 is 4.84 Å². The van der Waals surface area contributed by atoms with Crippen LogP contribution in [0, 0.1) is 13.8 Å². The fourth-order valence-electron chi connectivity index (χ4n) is 2.03. The van der Waals surface area contributed by atoms with Crippen molar-refractivity contribution in [1.82, 2.24) is 0 Å². The van der Waals surface area contributed by atoms with Gasteiger partial charge in [0.1, 0.15) is 0 Å². The lowest BCUT2D eigenvalue weighted by molar-refractivity contribution is 0.0519. The van der Waals surface area contributed by atoms with E-state index in [0.29, 0.717) is 5.56 Å². The van der Waals surface area contributed by atoms with E-state index in [0.717, 1.165) is 16.0 Å². The summed E-state index contributed by atoms with van der Waals surface area (Å²) < 4.78 is 0. The van der Waals surface area contributed by atoms with Crippen LogP contribution in [0.4, 0.5) is 0 Å². The number of carbonyl (C=O) groups is 1. The molecule has 0 saturated heterocycles. The van der Waals surface area contributed by atoms with Crippen molar-refractivity contribution in [2.75, 3.05) is 6.26 Å². The minimum absolute atomic E-state index is 0.456. The third kappa shape index (κ3) is 3.95. The molecular formula is C17H17NO2S. The molecule has 21 heavy (non-hydrogen) atoms. The Hall–Kier alpha value is -2.07. The summed E-state index contributed by atoms with van der Waals surface area (Å²) in [4.78, 5) is 17.8. The maximum Gasteiger partial charge on any atom is 0.365 e. The van der Waals surface area contributed by atoms with Crippen molar-refractivity contribution >= 4 is 23.9 Å². The molecular weight excluding hydrogens is 282 g/mol. The first-order chi connectivity index (χ1) is 10.1. The maximum absolute atomic E-state index is 11.8. The average molecular weight is 299 g/mol. The van der Waals surface area contributed by atoms with E-state index in [4.69, 9.17) is 4.84 Å². The predicted octanol–water partition coefficient (Wildman–Crippen LogP) is 4.22. The summed E-state index contributed by atoms with van der Waals surface area (Å²) in [6, 6.07) is 13.0. The molecule has 2 rings (SSSR count). The molecule has 108 valence electrons. The van der Waals surface area contributed by atoms with Crippen LogP contribution in [0.3, 0.4) is 0 Å². The monoisotopic (exact) mass is 299 g/mol. The van der Waals surface area contributed by atoms with Crippen molar-refractivity contribution in [1.29, 1.82) is 0 Å². The minimum atomic E-state index is -0.456. The van der Waals surface area contributed by atoms with Gasteiger partial charge in [-0.25, -0.2) is 4.79 Å². The highest BCUT2D eigenvalue weighted by molar-refractivity contribution is 7.98. The molecule has 4 heteroatoms. The van der Waals surface area contributed by atoms with E-state index in [-0.39, 0.29) is 0 Å². The van der Waals surface area contributed by atoms with E-state index in [1.807, 2.05) is 19.2 Å². The van der Waals surface area contributed by atoms with E-state index < -0.39 is 5.97 Å². The zero-order chi connectivity index (χ0) is 15.2. The molecule has 0 amide bonds. The van der Waals surface area contributed by atoms with Gasteiger partial charge in [-0.2, -0.15) is 0 Å². The van der Waals surface area contributed by atoms with Gasteiger partial charge in [-0.05, 0) is 49.4 Å². The van der Waals surface area contributed by atoms with E-state index in [1.54, 1.807) is 42.2 Å². The van der Waals surface area contributed by atoms with Crippen LogP contribution in [0.5, 0.6) is 0 Å². The van der Waals surface area contributed by atoms with Gasteiger partial charge in [0, 0.05) is 10.5 Å². The predicted molar refractivity (Wildman–Crippen MR) is 87.1 cm³/mol. The Balaban J connectivity index is 2.14. The lowest BCUT2D eigenvalue weighted by Gasteiger charge is -2.07. The summed E-state index contributed by atoms with van der Waals surface area (Å²) in [5, 5.41) is 3.83. The Morgan fingerprint density at radius 2 is 1.90 bits per heavy atom. The Morgan fingerprint density at radius 3 is 2.57 bits per heavy atom. The highest BCUT2D eigenvalue weighted by Crippen LogP contribution is 2.23. The van der Waals surface area contributed by atoms with Gasteiger partial charge in [0.25, 0.3) is 0 Å². The first-order valence-electron chi connectivity index (χ1n) is 6.57. The van der Waals surface area contributed by atoms with Crippen LogP contribution in [0.25, 0.3) is 0 Å². The first kappa shape index (κ1) is 15.3. The molecule has 0 aliphatic heterocycles. The Bertz CT molecular complexity index is 666. The third-order valence-electron chi connectivity index (χ3n) is 3.04. The molecule has 2 aromatic rings. The number of hydrogen-bond acceptors (Lipinski definition) is 4. The van der Waals surface area contributed by atoms with E-state index in [2.05, 4.69) is 24.2 Å². The number of aryl methyl sites for hydroxylation is 2. The quantitative estimate of drug-likeness (QED) is 0.367. The number of benzene rings is 2. The number of rotatable bonds is 4. The van der Waals surface area contributed by atoms with Crippen molar-refractivity contribution in [2.45, 2.75) is 18.7 Å². The van der Waals surface area contributed by atoms with E-state index >= 15 is 0 Å². The van der Waals surface area contributed by atoms with Crippen LogP contribution in [0.2, 0.25) is 0 Å². The van der Waals surface area contributed by atoms with Gasteiger partial charge in [-0.15, -0.1) is 11.8 Å². The highest BCUT2D eigenvalue weighted by atomic mass is 32.2. The first-order valence-corrected chi connectivity index (χ1v) is 7.79. The Kier molecular flexibility index (Phi) is 5.17. The van der Waals surface area contributed by atoms with Crippen LogP contribution in [0.15, 0.2) is 52.5 Å². The second-order valence-electron chi connectivity index (χ2n) is 4.68. The lowest BCUT2D eigenvalue weighted by Crippen LogP contribution is -2.01. The van der Waals surface area contributed by atoms with Crippen LogP contribution in [-0.2, 0) is 4.84 Å². The summed E-state index contributed by atoms with van der Waals surface area (Å²) in [7, 11) is 0. The van der Waals surface area contributed by atoms with E-state index in [1.165, 1.54) is 5.56 Å². The number of carbonyl (C=O) groups excluding carboxylic acids is 1. The second kappa shape index (κ2) is 7.09. The number of hydrogen-bond donors (Lipinski definition) is 0. The van der Waals surface area contributed by atoms with Crippen LogP contribution in [-0.4, -0.2) is 18.4 Å². The van der Waals surface area contributed by atoms with Gasteiger partial charge in [0.2, 0.25) is 0 Å². The topological polar surface area (TPSA) is 38.7 Å². The van der Waals surface area contributed by atoms with Crippen molar-refractivity contribution in [3.8, 4) is 0 Å².